The van der Waals surface area contributed by atoms with Crippen molar-refractivity contribution < 1.29 is 4.74 Å². The number of hydrogen-bond donors (Lipinski definition) is 0. The van der Waals surface area contributed by atoms with Crippen LogP contribution < -0.4 is 4.74 Å². The number of methoxy groups -OCH3 is 1. The van der Waals surface area contributed by atoms with Gasteiger partial charge in [0, 0.05) is 9.79 Å². The van der Waals surface area contributed by atoms with Crippen LogP contribution in [0, 0.1) is 0 Å². The van der Waals surface area contributed by atoms with Gasteiger partial charge >= 0.3 is 0 Å². The maximum Gasteiger partial charge on any atom is 0.118 e. The first-order chi connectivity index (χ1) is 8.70. The fourth-order valence-corrected chi connectivity index (χ4v) is 2.92. The minimum absolute atomic E-state index is 0.548. The average molecular weight is 258 g/mol. The molecular weight excluding hydrogens is 240 g/mol. The average Bonchev–Trinajstić information content (AvgIpc) is 2.40. The molecule has 0 aliphatic carbocycles. The molecule has 0 unspecified atom stereocenters. The Labute approximate surface area is 113 Å². The van der Waals surface area contributed by atoms with Gasteiger partial charge in [0.25, 0.3) is 0 Å². The van der Waals surface area contributed by atoms with E-state index in [1.807, 2.05) is 12.1 Å². The van der Waals surface area contributed by atoms with E-state index in [0.29, 0.717) is 5.92 Å². The third kappa shape index (κ3) is 3.08. The lowest BCUT2D eigenvalue weighted by Gasteiger charge is -2.12. The van der Waals surface area contributed by atoms with E-state index < -0.39 is 0 Å². The van der Waals surface area contributed by atoms with Crippen molar-refractivity contribution in [3.05, 3.63) is 54.1 Å². The van der Waals surface area contributed by atoms with Crippen LogP contribution in [0.5, 0.6) is 5.75 Å². The summed E-state index contributed by atoms with van der Waals surface area (Å²) < 4.78 is 5.17. The van der Waals surface area contributed by atoms with Gasteiger partial charge in [-0.25, -0.2) is 0 Å². The summed E-state index contributed by atoms with van der Waals surface area (Å²) in [6.07, 6.45) is 0. The van der Waals surface area contributed by atoms with Gasteiger partial charge in [-0.1, -0.05) is 43.8 Å². The van der Waals surface area contributed by atoms with Crippen molar-refractivity contribution in [2.75, 3.05) is 7.11 Å². The largest absolute Gasteiger partial charge is 0.497 e. The summed E-state index contributed by atoms with van der Waals surface area (Å²) in [5.41, 5.74) is 1.40. The van der Waals surface area contributed by atoms with Gasteiger partial charge in [-0.15, -0.1) is 0 Å². The third-order valence-corrected chi connectivity index (χ3v) is 3.93. The highest BCUT2D eigenvalue weighted by Gasteiger charge is 2.07. The zero-order valence-electron chi connectivity index (χ0n) is 11.0. The highest BCUT2D eigenvalue weighted by atomic mass is 32.2. The van der Waals surface area contributed by atoms with Crippen molar-refractivity contribution in [1.29, 1.82) is 0 Å². The van der Waals surface area contributed by atoms with E-state index in [0.717, 1.165) is 5.75 Å². The molecular formula is C16H18OS. The molecule has 18 heavy (non-hydrogen) atoms. The summed E-state index contributed by atoms with van der Waals surface area (Å²) in [6.45, 7) is 4.46. The van der Waals surface area contributed by atoms with Crippen molar-refractivity contribution in [3.8, 4) is 5.75 Å². The summed E-state index contributed by atoms with van der Waals surface area (Å²) in [5.74, 6) is 1.45. The minimum Gasteiger partial charge on any atom is -0.497 e. The van der Waals surface area contributed by atoms with Crippen LogP contribution in [0.2, 0.25) is 0 Å². The molecule has 0 aromatic heterocycles. The van der Waals surface area contributed by atoms with Gasteiger partial charge in [-0.05, 0) is 41.8 Å². The molecule has 0 saturated heterocycles. The van der Waals surface area contributed by atoms with Gasteiger partial charge in [0.1, 0.15) is 5.75 Å². The first-order valence-electron chi connectivity index (χ1n) is 6.11. The monoisotopic (exact) mass is 258 g/mol. The molecule has 0 amide bonds. The maximum atomic E-state index is 5.17. The van der Waals surface area contributed by atoms with Crippen molar-refractivity contribution in [3.63, 3.8) is 0 Å². The molecule has 0 aliphatic heterocycles. The Balaban J connectivity index is 2.22. The molecule has 0 spiro atoms. The molecule has 2 heteroatoms. The Morgan fingerprint density at radius 3 is 2.22 bits per heavy atom. The minimum atomic E-state index is 0.548. The van der Waals surface area contributed by atoms with Gasteiger partial charge in [-0.2, -0.15) is 0 Å². The quantitative estimate of drug-likeness (QED) is 0.765. The standard InChI is InChI=1S/C16H18OS/c1-12(2)15-6-4-5-7-16(15)18-14-10-8-13(17-3)9-11-14/h4-12H,1-3H3. The third-order valence-electron chi connectivity index (χ3n) is 2.83. The van der Waals surface area contributed by atoms with E-state index in [4.69, 9.17) is 4.74 Å². The second kappa shape index (κ2) is 5.96. The maximum absolute atomic E-state index is 5.17. The number of benzene rings is 2. The van der Waals surface area contributed by atoms with Gasteiger partial charge in [0.05, 0.1) is 7.11 Å². The van der Waals surface area contributed by atoms with Crippen LogP contribution in [-0.4, -0.2) is 7.11 Å². The van der Waals surface area contributed by atoms with E-state index in [9.17, 15) is 0 Å². The van der Waals surface area contributed by atoms with E-state index in [1.54, 1.807) is 18.9 Å². The van der Waals surface area contributed by atoms with Crippen LogP contribution in [0.3, 0.4) is 0 Å². The Morgan fingerprint density at radius 2 is 1.61 bits per heavy atom. The zero-order valence-corrected chi connectivity index (χ0v) is 11.8. The van der Waals surface area contributed by atoms with Gasteiger partial charge < -0.3 is 4.74 Å². The van der Waals surface area contributed by atoms with Gasteiger partial charge in [-0.3, -0.25) is 0 Å². The Bertz CT molecular complexity index is 503. The van der Waals surface area contributed by atoms with Crippen molar-refractivity contribution in [1.82, 2.24) is 0 Å². The van der Waals surface area contributed by atoms with Crippen LogP contribution in [0.1, 0.15) is 25.3 Å². The molecule has 0 saturated carbocycles. The molecule has 0 heterocycles. The van der Waals surface area contributed by atoms with Gasteiger partial charge in [0.2, 0.25) is 0 Å². The summed E-state index contributed by atoms with van der Waals surface area (Å²) >= 11 is 1.81. The highest BCUT2D eigenvalue weighted by molar-refractivity contribution is 7.99. The lowest BCUT2D eigenvalue weighted by atomic mass is 10.0. The molecule has 0 fully saturated rings. The van der Waals surface area contributed by atoms with E-state index in [-0.39, 0.29) is 0 Å². The van der Waals surface area contributed by atoms with E-state index in [2.05, 4.69) is 50.2 Å². The molecule has 0 N–H and O–H groups in total. The fraction of sp³-hybridized carbons (Fsp3) is 0.250. The summed E-state index contributed by atoms with van der Waals surface area (Å²) in [7, 11) is 1.69. The van der Waals surface area contributed by atoms with Crippen molar-refractivity contribution in [2.24, 2.45) is 0 Å². The first kappa shape index (κ1) is 13.0. The lowest BCUT2D eigenvalue weighted by molar-refractivity contribution is 0.414. The Hall–Kier alpha value is -1.41. The van der Waals surface area contributed by atoms with E-state index >= 15 is 0 Å². The van der Waals surface area contributed by atoms with Crippen LogP contribution in [0.25, 0.3) is 0 Å². The normalized spacial score (nSPS) is 10.7. The van der Waals surface area contributed by atoms with Crippen LogP contribution >= 0.6 is 11.8 Å². The van der Waals surface area contributed by atoms with Crippen LogP contribution in [0.4, 0.5) is 0 Å². The SMILES string of the molecule is COc1ccc(Sc2ccccc2C(C)C)cc1. The molecule has 0 bridgehead atoms. The number of hydrogen-bond acceptors (Lipinski definition) is 2. The molecule has 2 aromatic rings. The van der Waals surface area contributed by atoms with E-state index in [1.165, 1.54) is 15.4 Å². The summed E-state index contributed by atoms with van der Waals surface area (Å²) in [6, 6.07) is 16.8. The molecule has 2 aromatic carbocycles. The predicted molar refractivity (Wildman–Crippen MR) is 77.6 cm³/mol. The molecule has 0 aliphatic rings. The number of rotatable bonds is 4. The predicted octanol–water partition coefficient (Wildman–Crippen LogP) is 4.97. The molecule has 1 nitrogen and oxygen atoms in total. The second-order valence-corrected chi connectivity index (χ2v) is 5.59. The first-order valence-corrected chi connectivity index (χ1v) is 6.93. The zero-order chi connectivity index (χ0) is 13.0. The summed E-state index contributed by atoms with van der Waals surface area (Å²) in [5, 5.41) is 0. The topological polar surface area (TPSA) is 9.23 Å². The summed E-state index contributed by atoms with van der Waals surface area (Å²) in [4.78, 5) is 2.57. The fourth-order valence-electron chi connectivity index (χ4n) is 1.82. The second-order valence-electron chi connectivity index (χ2n) is 4.47. The van der Waals surface area contributed by atoms with Crippen LogP contribution in [0.15, 0.2) is 58.3 Å². The highest BCUT2D eigenvalue weighted by Crippen LogP contribution is 2.34. The Kier molecular flexibility index (Phi) is 4.32. The molecule has 94 valence electrons. The Morgan fingerprint density at radius 1 is 0.944 bits per heavy atom. The lowest BCUT2D eigenvalue weighted by Crippen LogP contribution is -1.90. The molecule has 2 rings (SSSR count). The van der Waals surface area contributed by atoms with Crippen LogP contribution in [-0.2, 0) is 0 Å². The van der Waals surface area contributed by atoms with Crippen molar-refractivity contribution in [2.45, 2.75) is 29.6 Å². The van der Waals surface area contributed by atoms with Gasteiger partial charge in [0.15, 0.2) is 0 Å². The number of ether oxygens (including phenoxy) is 1. The van der Waals surface area contributed by atoms with Crippen molar-refractivity contribution >= 4 is 11.8 Å². The smallest absolute Gasteiger partial charge is 0.118 e. The molecule has 0 atom stereocenters. The molecule has 0 radical (unpaired) electrons.